The first-order valence-electron chi connectivity index (χ1n) is 5.62. The zero-order valence-corrected chi connectivity index (χ0v) is 9.30. The molecule has 0 unspecified atom stereocenters. The molecular weight excluding hydrogens is 231 g/mol. The molecule has 0 saturated carbocycles. The van der Waals surface area contributed by atoms with Gasteiger partial charge in [0, 0.05) is 0 Å². The molecule has 18 heavy (non-hydrogen) atoms. The Morgan fingerprint density at radius 1 is 0.667 bits per heavy atom. The molecule has 84 valence electrons. The standard InChI is InChI=1S/C16H12O.Na.H/c17-14-10-8-13(9-11-14)16-7-3-5-12-4-1-2-6-15(12)16;;/h1-11,17H;;. The second kappa shape index (κ2) is 5.57. The van der Waals surface area contributed by atoms with Gasteiger partial charge in [-0.3, -0.25) is 0 Å². The molecule has 3 rings (SSSR count). The van der Waals surface area contributed by atoms with Crippen LogP contribution in [0.1, 0.15) is 0 Å². The summed E-state index contributed by atoms with van der Waals surface area (Å²) in [4.78, 5) is 0. The van der Waals surface area contributed by atoms with Gasteiger partial charge in [-0.15, -0.1) is 0 Å². The Morgan fingerprint density at radius 2 is 1.33 bits per heavy atom. The number of phenols is 1. The van der Waals surface area contributed by atoms with Gasteiger partial charge in [0.2, 0.25) is 0 Å². The summed E-state index contributed by atoms with van der Waals surface area (Å²) < 4.78 is 0. The molecule has 0 aliphatic heterocycles. The Morgan fingerprint density at radius 3 is 2.11 bits per heavy atom. The Kier molecular flexibility index (Phi) is 4.07. The molecule has 0 aromatic heterocycles. The molecule has 1 nitrogen and oxygen atoms in total. The molecule has 0 spiro atoms. The van der Waals surface area contributed by atoms with Gasteiger partial charge < -0.3 is 5.11 Å². The number of benzene rings is 3. The fourth-order valence-electron chi connectivity index (χ4n) is 2.12. The summed E-state index contributed by atoms with van der Waals surface area (Å²) in [5.41, 5.74) is 2.32. The van der Waals surface area contributed by atoms with E-state index in [4.69, 9.17) is 0 Å². The molecule has 0 aliphatic carbocycles. The van der Waals surface area contributed by atoms with Crippen LogP contribution in [0.15, 0.2) is 66.7 Å². The minimum absolute atomic E-state index is 0. The van der Waals surface area contributed by atoms with Gasteiger partial charge in [0.05, 0.1) is 0 Å². The predicted octanol–water partition coefficient (Wildman–Crippen LogP) is 3.56. The van der Waals surface area contributed by atoms with Crippen molar-refractivity contribution in [3.05, 3.63) is 66.7 Å². The number of rotatable bonds is 1. The second-order valence-electron chi connectivity index (χ2n) is 4.07. The molecule has 1 N–H and O–H groups in total. The van der Waals surface area contributed by atoms with E-state index in [1.165, 1.54) is 16.3 Å². The van der Waals surface area contributed by atoms with Crippen molar-refractivity contribution in [2.45, 2.75) is 0 Å². The van der Waals surface area contributed by atoms with Gasteiger partial charge >= 0.3 is 29.6 Å². The molecule has 3 aromatic rings. The van der Waals surface area contributed by atoms with Crippen molar-refractivity contribution >= 4 is 40.3 Å². The zero-order valence-electron chi connectivity index (χ0n) is 9.30. The summed E-state index contributed by atoms with van der Waals surface area (Å²) in [7, 11) is 0. The van der Waals surface area contributed by atoms with Gasteiger partial charge in [-0.2, -0.15) is 0 Å². The van der Waals surface area contributed by atoms with E-state index in [1.54, 1.807) is 12.1 Å². The quantitative estimate of drug-likeness (QED) is 0.649. The van der Waals surface area contributed by atoms with Crippen LogP contribution >= 0.6 is 0 Å². The fraction of sp³-hybridized carbons (Fsp3) is 0. The van der Waals surface area contributed by atoms with Crippen molar-refractivity contribution in [3.63, 3.8) is 0 Å². The van der Waals surface area contributed by atoms with Gasteiger partial charge in [-0.05, 0) is 34.0 Å². The van der Waals surface area contributed by atoms with Crippen LogP contribution in [0.5, 0.6) is 5.75 Å². The Bertz CT molecular complexity index is 654. The van der Waals surface area contributed by atoms with Gasteiger partial charge in [-0.25, -0.2) is 0 Å². The molecule has 0 heterocycles. The van der Waals surface area contributed by atoms with E-state index in [0.717, 1.165) is 5.56 Å². The average Bonchev–Trinajstić information content (AvgIpc) is 2.39. The monoisotopic (exact) mass is 244 g/mol. The first-order valence-corrected chi connectivity index (χ1v) is 5.62. The molecule has 0 saturated heterocycles. The third-order valence-corrected chi connectivity index (χ3v) is 2.97. The van der Waals surface area contributed by atoms with Gasteiger partial charge in [0.15, 0.2) is 0 Å². The molecular formula is C16H13NaO. The van der Waals surface area contributed by atoms with E-state index in [1.807, 2.05) is 24.3 Å². The van der Waals surface area contributed by atoms with E-state index in [-0.39, 0.29) is 29.6 Å². The summed E-state index contributed by atoms with van der Waals surface area (Å²) in [5, 5.41) is 11.8. The van der Waals surface area contributed by atoms with Crippen LogP contribution in [0, 0.1) is 0 Å². The maximum atomic E-state index is 9.32. The van der Waals surface area contributed by atoms with Crippen LogP contribution in [0.25, 0.3) is 21.9 Å². The van der Waals surface area contributed by atoms with Crippen LogP contribution < -0.4 is 0 Å². The van der Waals surface area contributed by atoms with E-state index < -0.39 is 0 Å². The second-order valence-corrected chi connectivity index (χ2v) is 4.07. The summed E-state index contributed by atoms with van der Waals surface area (Å²) in [6.07, 6.45) is 0. The Balaban J connectivity index is 0.00000120. The third-order valence-electron chi connectivity index (χ3n) is 2.97. The minimum atomic E-state index is 0. The first-order chi connectivity index (χ1) is 8.34. The molecule has 0 amide bonds. The van der Waals surface area contributed by atoms with Crippen molar-refractivity contribution in [1.82, 2.24) is 0 Å². The molecule has 3 aromatic carbocycles. The number of aromatic hydroxyl groups is 1. The summed E-state index contributed by atoms with van der Waals surface area (Å²) >= 11 is 0. The van der Waals surface area contributed by atoms with Crippen molar-refractivity contribution < 1.29 is 5.11 Å². The fourth-order valence-corrected chi connectivity index (χ4v) is 2.12. The topological polar surface area (TPSA) is 20.2 Å². The number of fused-ring (bicyclic) bond motifs is 1. The number of phenolic OH excluding ortho intramolecular Hbond substituents is 1. The molecule has 0 bridgehead atoms. The zero-order chi connectivity index (χ0) is 11.7. The van der Waals surface area contributed by atoms with E-state index in [9.17, 15) is 5.11 Å². The van der Waals surface area contributed by atoms with Gasteiger partial charge in [0.25, 0.3) is 0 Å². The van der Waals surface area contributed by atoms with Crippen LogP contribution in [0.3, 0.4) is 0 Å². The first kappa shape index (κ1) is 13.2. The van der Waals surface area contributed by atoms with Crippen molar-refractivity contribution in [1.29, 1.82) is 0 Å². The van der Waals surface area contributed by atoms with Gasteiger partial charge in [-0.1, -0.05) is 54.6 Å². The normalized spacial score (nSPS) is 10.0. The van der Waals surface area contributed by atoms with Crippen LogP contribution in [-0.4, -0.2) is 34.7 Å². The van der Waals surface area contributed by atoms with Crippen LogP contribution in [-0.2, 0) is 0 Å². The molecule has 0 atom stereocenters. The SMILES string of the molecule is Oc1ccc(-c2cccc3ccccc23)cc1.[NaH]. The summed E-state index contributed by atoms with van der Waals surface area (Å²) in [6.45, 7) is 0. The summed E-state index contributed by atoms with van der Waals surface area (Å²) in [5.74, 6) is 0.300. The van der Waals surface area contributed by atoms with E-state index in [0.29, 0.717) is 5.75 Å². The van der Waals surface area contributed by atoms with Crippen LogP contribution in [0.2, 0.25) is 0 Å². The third kappa shape index (κ3) is 2.44. The average molecular weight is 244 g/mol. The molecule has 2 heteroatoms. The van der Waals surface area contributed by atoms with E-state index >= 15 is 0 Å². The number of hydrogen-bond acceptors (Lipinski definition) is 1. The predicted molar refractivity (Wildman–Crippen MR) is 78.2 cm³/mol. The molecule has 0 aliphatic rings. The maximum absolute atomic E-state index is 9.32. The van der Waals surface area contributed by atoms with Crippen molar-refractivity contribution in [2.24, 2.45) is 0 Å². The van der Waals surface area contributed by atoms with Crippen molar-refractivity contribution in [2.75, 3.05) is 0 Å². The van der Waals surface area contributed by atoms with Crippen LogP contribution in [0.4, 0.5) is 0 Å². The van der Waals surface area contributed by atoms with Gasteiger partial charge in [0.1, 0.15) is 5.75 Å². The van der Waals surface area contributed by atoms with E-state index in [2.05, 4.69) is 30.3 Å². The Labute approximate surface area is 128 Å². The molecule has 0 radical (unpaired) electrons. The Hall–Kier alpha value is -1.28. The van der Waals surface area contributed by atoms with Crippen molar-refractivity contribution in [3.8, 4) is 16.9 Å². The summed E-state index contributed by atoms with van der Waals surface area (Å²) in [6, 6.07) is 21.9. The molecule has 0 fully saturated rings. The number of hydrogen-bond donors (Lipinski definition) is 1.